The smallest absolute Gasteiger partial charge is 0.253 e. The predicted octanol–water partition coefficient (Wildman–Crippen LogP) is 3.80. The van der Waals surface area contributed by atoms with Crippen LogP contribution < -0.4 is 5.32 Å². The molecule has 0 atom stereocenters. The van der Waals surface area contributed by atoms with E-state index in [2.05, 4.69) is 5.32 Å². The Bertz CT molecular complexity index is 767. The van der Waals surface area contributed by atoms with Crippen LogP contribution in [-0.2, 0) is 6.54 Å². The second kappa shape index (κ2) is 8.64. The molecule has 0 saturated carbocycles. The number of nitrogens with zero attached hydrogens (tertiary/aromatic N) is 1. The highest BCUT2D eigenvalue weighted by Crippen LogP contribution is 2.45. The van der Waals surface area contributed by atoms with Crippen molar-refractivity contribution >= 4 is 35.3 Å². The monoisotopic (exact) mass is 386 g/mol. The summed E-state index contributed by atoms with van der Waals surface area (Å²) in [6.07, 6.45) is 0. The summed E-state index contributed by atoms with van der Waals surface area (Å²) in [6.45, 7) is 0.436. The highest BCUT2D eigenvalue weighted by Gasteiger charge is 2.18. The minimum absolute atomic E-state index is 0.0285. The number of nitrogens with one attached hydrogen (secondary N) is 1. The lowest BCUT2D eigenvalue weighted by atomic mass is 10.1. The van der Waals surface area contributed by atoms with E-state index >= 15 is 0 Å². The lowest BCUT2D eigenvalue weighted by Gasteiger charge is -2.11. The molecule has 26 heavy (non-hydrogen) atoms. The molecular weight excluding hydrogens is 364 g/mol. The Kier molecular flexibility index (Phi) is 6.27. The second-order valence-corrected chi connectivity index (χ2v) is 9.00. The molecule has 1 fully saturated rings. The molecule has 6 heteroatoms. The van der Waals surface area contributed by atoms with Gasteiger partial charge in [-0.2, -0.15) is 0 Å². The molecule has 136 valence electrons. The van der Waals surface area contributed by atoms with E-state index in [1.807, 2.05) is 59.9 Å². The van der Waals surface area contributed by atoms with E-state index in [1.165, 1.54) is 17.1 Å². The van der Waals surface area contributed by atoms with E-state index < -0.39 is 0 Å². The van der Waals surface area contributed by atoms with Crippen molar-refractivity contribution in [2.24, 2.45) is 0 Å². The molecule has 0 unspecified atom stereocenters. The second-order valence-electron chi connectivity index (χ2n) is 6.27. The highest BCUT2D eigenvalue weighted by molar-refractivity contribution is 8.19. The molecule has 0 aliphatic carbocycles. The standard InChI is InChI=1S/C20H22N2O2S2/c1-22(2)19(24)16-5-3-14(4-6-16)13-21-18(23)15-7-9-17(10-8-15)20-25-11-12-26-20/h3-10,20H,11-13H2,1-2H3,(H,21,23). The van der Waals surface area contributed by atoms with Crippen LogP contribution in [0.15, 0.2) is 48.5 Å². The number of benzene rings is 2. The van der Waals surface area contributed by atoms with Crippen LogP contribution in [-0.4, -0.2) is 42.3 Å². The van der Waals surface area contributed by atoms with Crippen molar-refractivity contribution in [2.75, 3.05) is 25.6 Å². The maximum absolute atomic E-state index is 12.3. The van der Waals surface area contributed by atoms with Gasteiger partial charge >= 0.3 is 0 Å². The number of carbonyl (C=O) groups is 2. The Morgan fingerprint density at radius 3 is 2.12 bits per heavy atom. The van der Waals surface area contributed by atoms with Gasteiger partial charge in [0.15, 0.2) is 0 Å². The molecule has 1 saturated heterocycles. The summed E-state index contributed by atoms with van der Waals surface area (Å²) < 4.78 is 0.496. The van der Waals surface area contributed by atoms with Crippen LogP contribution in [0.25, 0.3) is 0 Å². The van der Waals surface area contributed by atoms with E-state index in [-0.39, 0.29) is 11.8 Å². The van der Waals surface area contributed by atoms with Gasteiger partial charge in [0.2, 0.25) is 0 Å². The average Bonchev–Trinajstić information content (AvgIpc) is 3.21. The fourth-order valence-corrected chi connectivity index (χ4v) is 5.51. The normalized spacial score (nSPS) is 14.2. The number of thioether (sulfide) groups is 2. The quantitative estimate of drug-likeness (QED) is 0.849. The molecule has 0 spiro atoms. The minimum atomic E-state index is -0.0864. The molecule has 2 aromatic carbocycles. The molecule has 3 rings (SSSR count). The summed E-state index contributed by atoms with van der Waals surface area (Å²) in [6, 6.07) is 15.2. The number of amides is 2. The van der Waals surface area contributed by atoms with Crippen molar-refractivity contribution < 1.29 is 9.59 Å². The molecule has 2 amide bonds. The first-order valence-electron chi connectivity index (χ1n) is 8.46. The number of hydrogen-bond acceptors (Lipinski definition) is 4. The van der Waals surface area contributed by atoms with Crippen molar-refractivity contribution in [3.63, 3.8) is 0 Å². The lowest BCUT2D eigenvalue weighted by Crippen LogP contribution is -2.23. The van der Waals surface area contributed by atoms with Gasteiger partial charge in [-0.1, -0.05) is 24.3 Å². The molecular formula is C20H22N2O2S2. The molecule has 0 aromatic heterocycles. The van der Waals surface area contributed by atoms with Crippen LogP contribution in [0.1, 0.15) is 36.4 Å². The Balaban J connectivity index is 1.55. The third-order valence-corrected chi connectivity index (χ3v) is 7.23. The number of hydrogen-bond donors (Lipinski definition) is 1. The van der Waals surface area contributed by atoms with Crippen LogP contribution in [0, 0.1) is 0 Å². The van der Waals surface area contributed by atoms with Gasteiger partial charge in [-0.25, -0.2) is 0 Å². The minimum Gasteiger partial charge on any atom is -0.348 e. The van der Waals surface area contributed by atoms with Crippen LogP contribution in [0.4, 0.5) is 0 Å². The molecule has 2 aromatic rings. The predicted molar refractivity (Wildman–Crippen MR) is 110 cm³/mol. The van der Waals surface area contributed by atoms with Gasteiger partial charge in [0.05, 0.1) is 4.58 Å². The first kappa shape index (κ1) is 18.9. The average molecular weight is 387 g/mol. The zero-order valence-corrected chi connectivity index (χ0v) is 16.5. The molecule has 0 radical (unpaired) electrons. The van der Waals surface area contributed by atoms with Crippen molar-refractivity contribution in [1.29, 1.82) is 0 Å². The maximum atomic E-state index is 12.3. The fourth-order valence-electron chi connectivity index (χ4n) is 2.65. The van der Waals surface area contributed by atoms with Crippen LogP contribution in [0.5, 0.6) is 0 Å². The first-order chi connectivity index (χ1) is 12.5. The van der Waals surface area contributed by atoms with Gasteiger partial charge in [-0.15, -0.1) is 23.5 Å². The summed E-state index contributed by atoms with van der Waals surface area (Å²) in [5.74, 6) is 2.27. The summed E-state index contributed by atoms with van der Waals surface area (Å²) >= 11 is 3.91. The zero-order chi connectivity index (χ0) is 18.5. The van der Waals surface area contributed by atoms with Crippen molar-refractivity contribution in [3.05, 3.63) is 70.8 Å². The van der Waals surface area contributed by atoms with Crippen molar-refractivity contribution in [2.45, 2.75) is 11.1 Å². The lowest BCUT2D eigenvalue weighted by molar-refractivity contribution is 0.0827. The largest absolute Gasteiger partial charge is 0.348 e. The summed E-state index contributed by atoms with van der Waals surface area (Å²) in [5.41, 5.74) is 3.55. The SMILES string of the molecule is CN(C)C(=O)c1ccc(CNC(=O)c2ccc(C3SCCS3)cc2)cc1. The van der Waals surface area contributed by atoms with Gasteiger partial charge in [0.1, 0.15) is 0 Å². The van der Waals surface area contributed by atoms with E-state index in [4.69, 9.17) is 0 Å². The molecule has 1 N–H and O–H groups in total. The van der Waals surface area contributed by atoms with Crippen LogP contribution in [0.3, 0.4) is 0 Å². The van der Waals surface area contributed by atoms with Gasteiger partial charge in [-0.05, 0) is 35.4 Å². The van der Waals surface area contributed by atoms with Gasteiger partial charge < -0.3 is 10.2 Å². The molecule has 4 nitrogen and oxygen atoms in total. The van der Waals surface area contributed by atoms with E-state index in [9.17, 15) is 9.59 Å². The molecule has 1 aliphatic rings. The zero-order valence-electron chi connectivity index (χ0n) is 14.9. The Hall–Kier alpha value is -1.92. The van der Waals surface area contributed by atoms with Crippen LogP contribution in [0.2, 0.25) is 0 Å². The van der Waals surface area contributed by atoms with Gasteiger partial charge in [0.25, 0.3) is 11.8 Å². The van der Waals surface area contributed by atoms with Crippen molar-refractivity contribution in [3.8, 4) is 0 Å². The number of carbonyl (C=O) groups excluding carboxylic acids is 2. The third kappa shape index (κ3) is 4.62. The summed E-state index contributed by atoms with van der Waals surface area (Å²) in [4.78, 5) is 25.8. The van der Waals surface area contributed by atoms with E-state index in [0.29, 0.717) is 22.3 Å². The van der Waals surface area contributed by atoms with Gasteiger partial charge in [0, 0.05) is 43.3 Å². The third-order valence-electron chi connectivity index (χ3n) is 4.13. The molecule has 1 aliphatic heterocycles. The Morgan fingerprint density at radius 2 is 1.54 bits per heavy atom. The maximum Gasteiger partial charge on any atom is 0.253 e. The first-order valence-corrected chi connectivity index (χ1v) is 10.6. The highest BCUT2D eigenvalue weighted by atomic mass is 32.2. The Morgan fingerprint density at radius 1 is 0.962 bits per heavy atom. The van der Waals surface area contributed by atoms with Crippen molar-refractivity contribution in [1.82, 2.24) is 10.2 Å². The topological polar surface area (TPSA) is 49.4 Å². The summed E-state index contributed by atoms with van der Waals surface area (Å²) in [7, 11) is 3.46. The van der Waals surface area contributed by atoms with E-state index in [0.717, 1.165) is 5.56 Å². The number of rotatable bonds is 5. The molecule has 1 heterocycles. The molecule has 0 bridgehead atoms. The summed E-state index contributed by atoms with van der Waals surface area (Å²) in [5, 5.41) is 2.93. The Labute approximate surface area is 162 Å². The van der Waals surface area contributed by atoms with Crippen LogP contribution >= 0.6 is 23.5 Å². The van der Waals surface area contributed by atoms with E-state index in [1.54, 1.807) is 31.1 Å². The van der Waals surface area contributed by atoms with Gasteiger partial charge in [-0.3, -0.25) is 9.59 Å². The fraction of sp³-hybridized carbons (Fsp3) is 0.300.